The van der Waals surface area contributed by atoms with Gasteiger partial charge >= 0.3 is 0 Å². The molecule has 0 saturated carbocycles. The van der Waals surface area contributed by atoms with Crippen LogP contribution in [-0.4, -0.2) is 43.1 Å². The van der Waals surface area contributed by atoms with Crippen LogP contribution in [0.15, 0.2) is 49.1 Å². The van der Waals surface area contributed by atoms with Gasteiger partial charge in [-0.1, -0.05) is 6.07 Å². The third-order valence-electron chi connectivity index (χ3n) is 4.39. The van der Waals surface area contributed by atoms with E-state index >= 15 is 0 Å². The van der Waals surface area contributed by atoms with E-state index in [1.165, 1.54) is 0 Å². The number of piperidine rings is 1. The van der Waals surface area contributed by atoms with Crippen molar-refractivity contribution in [2.75, 3.05) is 13.1 Å². The van der Waals surface area contributed by atoms with E-state index in [9.17, 15) is 4.79 Å². The molecule has 3 aromatic heterocycles. The fourth-order valence-electron chi connectivity index (χ4n) is 3.23. The van der Waals surface area contributed by atoms with Crippen LogP contribution in [0.3, 0.4) is 0 Å². The lowest BCUT2D eigenvalue weighted by atomic mass is 10.1. The van der Waals surface area contributed by atoms with E-state index in [1.807, 2.05) is 56.8 Å². The molecule has 0 aromatic carbocycles. The molecule has 6 nitrogen and oxygen atoms in total. The Hall–Kier alpha value is -2.63. The molecule has 0 N–H and O–H groups in total. The van der Waals surface area contributed by atoms with Gasteiger partial charge < -0.3 is 9.30 Å². The lowest BCUT2D eigenvalue weighted by Crippen LogP contribution is -2.41. The van der Waals surface area contributed by atoms with Gasteiger partial charge in [-0.3, -0.25) is 9.48 Å². The highest BCUT2D eigenvalue weighted by Gasteiger charge is 2.25. The van der Waals surface area contributed by atoms with Gasteiger partial charge in [0, 0.05) is 37.9 Å². The van der Waals surface area contributed by atoms with E-state index in [0.717, 1.165) is 37.3 Å². The Morgan fingerprint density at radius 1 is 1.26 bits per heavy atom. The number of hydrogen-bond acceptors (Lipinski definition) is 3. The lowest BCUT2D eigenvalue weighted by molar-refractivity contribution is -0.132. The number of carbonyl (C=O) groups excluding carboxylic acids is 1. The second kappa shape index (κ2) is 5.87. The second-order valence-corrected chi connectivity index (χ2v) is 6.00. The van der Waals surface area contributed by atoms with E-state index in [0.29, 0.717) is 6.42 Å². The van der Waals surface area contributed by atoms with Crippen LogP contribution >= 0.6 is 0 Å². The number of pyridine rings is 1. The molecule has 1 aliphatic heterocycles. The molecule has 0 bridgehead atoms. The fourth-order valence-corrected chi connectivity index (χ4v) is 3.23. The standard InChI is InChI=1S/C17H19N5O/c23-17(11-14-12-20-8-2-1-6-16(20)19-14)21-9-3-5-15(13-21)22-10-4-7-18-22/h1-2,4,6-8,10,12,15H,3,5,9,11,13H2/t15-/m0/s1. The maximum atomic E-state index is 12.6. The summed E-state index contributed by atoms with van der Waals surface area (Å²) in [6, 6.07) is 8.07. The molecule has 0 aliphatic carbocycles. The molecule has 1 atom stereocenters. The average molecular weight is 309 g/mol. The minimum atomic E-state index is 0.144. The third-order valence-corrected chi connectivity index (χ3v) is 4.39. The minimum absolute atomic E-state index is 0.144. The first kappa shape index (κ1) is 14.0. The summed E-state index contributed by atoms with van der Waals surface area (Å²) in [4.78, 5) is 19.1. The van der Waals surface area contributed by atoms with Crippen molar-refractivity contribution in [2.45, 2.75) is 25.3 Å². The summed E-state index contributed by atoms with van der Waals surface area (Å²) < 4.78 is 3.91. The van der Waals surface area contributed by atoms with Gasteiger partial charge in [-0.05, 0) is 31.0 Å². The van der Waals surface area contributed by atoms with Crippen LogP contribution in [-0.2, 0) is 11.2 Å². The van der Waals surface area contributed by atoms with E-state index < -0.39 is 0 Å². The van der Waals surface area contributed by atoms with Crippen molar-refractivity contribution in [3.8, 4) is 0 Å². The topological polar surface area (TPSA) is 55.4 Å². The summed E-state index contributed by atoms with van der Waals surface area (Å²) in [6.07, 6.45) is 10.1. The van der Waals surface area contributed by atoms with Gasteiger partial charge in [-0.2, -0.15) is 5.10 Å². The van der Waals surface area contributed by atoms with Gasteiger partial charge in [0.2, 0.25) is 5.91 Å². The van der Waals surface area contributed by atoms with Gasteiger partial charge in [0.25, 0.3) is 0 Å². The van der Waals surface area contributed by atoms with Crippen molar-refractivity contribution < 1.29 is 4.79 Å². The normalized spacial score (nSPS) is 18.4. The zero-order valence-electron chi connectivity index (χ0n) is 12.9. The Balaban J connectivity index is 1.45. The summed E-state index contributed by atoms with van der Waals surface area (Å²) in [5.74, 6) is 0.144. The lowest BCUT2D eigenvalue weighted by Gasteiger charge is -2.32. The number of carbonyl (C=O) groups is 1. The maximum absolute atomic E-state index is 12.6. The number of amides is 1. The molecule has 23 heavy (non-hydrogen) atoms. The Morgan fingerprint density at radius 2 is 2.22 bits per heavy atom. The first-order valence-corrected chi connectivity index (χ1v) is 7.99. The largest absolute Gasteiger partial charge is 0.340 e. The van der Waals surface area contributed by atoms with Crippen LogP contribution in [0.5, 0.6) is 0 Å². The molecule has 0 unspecified atom stereocenters. The van der Waals surface area contributed by atoms with Gasteiger partial charge in [-0.25, -0.2) is 4.98 Å². The Kier molecular flexibility index (Phi) is 3.57. The predicted molar refractivity (Wildman–Crippen MR) is 86.0 cm³/mol. The molecule has 118 valence electrons. The highest BCUT2D eigenvalue weighted by Crippen LogP contribution is 2.21. The quantitative estimate of drug-likeness (QED) is 0.743. The zero-order chi connectivity index (χ0) is 15.6. The summed E-state index contributed by atoms with van der Waals surface area (Å²) in [5.41, 5.74) is 1.70. The number of likely N-dealkylation sites (tertiary alicyclic amines) is 1. The highest BCUT2D eigenvalue weighted by atomic mass is 16.2. The number of imidazole rings is 1. The molecule has 6 heteroatoms. The SMILES string of the molecule is O=C(Cc1cn2ccccc2n1)N1CCC[C@H](n2cccn2)C1. The van der Waals surface area contributed by atoms with Gasteiger partial charge in [0.15, 0.2) is 0 Å². The Bertz CT molecular complexity index is 774. The van der Waals surface area contributed by atoms with Crippen LogP contribution in [0.1, 0.15) is 24.6 Å². The molecule has 1 aliphatic rings. The van der Waals surface area contributed by atoms with Crippen LogP contribution in [0.25, 0.3) is 5.65 Å². The number of hydrogen-bond donors (Lipinski definition) is 0. The van der Waals surface area contributed by atoms with Crippen LogP contribution in [0.4, 0.5) is 0 Å². The van der Waals surface area contributed by atoms with Crippen molar-refractivity contribution in [1.82, 2.24) is 24.1 Å². The van der Waals surface area contributed by atoms with Crippen LogP contribution in [0.2, 0.25) is 0 Å². The summed E-state index contributed by atoms with van der Waals surface area (Å²) >= 11 is 0. The minimum Gasteiger partial charge on any atom is -0.340 e. The Morgan fingerprint density at radius 3 is 3.04 bits per heavy atom. The number of rotatable bonds is 3. The van der Waals surface area contributed by atoms with E-state index in [1.54, 1.807) is 6.20 Å². The van der Waals surface area contributed by atoms with Crippen molar-refractivity contribution in [1.29, 1.82) is 0 Å². The molecule has 3 aromatic rings. The summed E-state index contributed by atoms with van der Waals surface area (Å²) in [5, 5.41) is 4.31. The molecular formula is C17H19N5O. The average Bonchev–Trinajstić information content (AvgIpc) is 3.24. The number of nitrogens with zero attached hydrogens (tertiary/aromatic N) is 5. The number of aromatic nitrogens is 4. The van der Waals surface area contributed by atoms with Crippen molar-refractivity contribution >= 4 is 11.6 Å². The van der Waals surface area contributed by atoms with Crippen LogP contribution in [0, 0.1) is 0 Å². The van der Waals surface area contributed by atoms with E-state index in [-0.39, 0.29) is 11.9 Å². The Labute approximate surface area is 134 Å². The molecule has 1 amide bonds. The van der Waals surface area contributed by atoms with Gasteiger partial charge in [-0.15, -0.1) is 0 Å². The van der Waals surface area contributed by atoms with Crippen molar-refractivity contribution in [3.63, 3.8) is 0 Å². The molecular weight excluding hydrogens is 290 g/mol. The number of fused-ring (bicyclic) bond motifs is 1. The van der Waals surface area contributed by atoms with Crippen LogP contribution < -0.4 is 0 Å². The monoisotopic (exact) mass is 309 g/mol. The van der Waals surface area contributed by atoms with E-state index in [4.69, 9.17) is 0 Å². The maximum Gasteiger partial charge on any atom is 0.228 e. The highest BCUT2D eigenvalue weighted by molar-refractivity contribution is 5.78. The molecule has 1 saturated heterocycles. The third kappa shape index (κ3) is 2.84. The smallest absolute Gasteiger partial charge is 0.228 e. The van der Waals surface area contributed by atoms with Crippen molar-refractivity contribution in [3.05, 3.63) is 54.7 Å². The predicted octanol–water partition coefficient (Wildman–Crippen LogP) is 1.94. The molecule has 0 radical (unpaired) electrons. The van der Waals surface area contributed by atoms with Gasteiger partial charge in [0.1, 0.15) is 5.65 Å². The van der Waals surface area contributed by atoms with Crippen molar-refractivity contribution in [2.24, 2.45) is 0 Å². The first-order valence-electron chi connectivity index (χ1n) is 7.99. The molecule has 0 spiro atoms. The van der Waals surface area contributed by atoms with E-state index in [2.05, 4.69) is 10.1 Å². The molecule has 1 fully saturated rings. The van der Waals surface area contributed by atoms with Gasteiger partial charge in [0.05, 0.1) is 18.2 Å². The molecule has 4 rings (SSSR count). The fraction of sp³-hybridized carbons (Fsp3) is 0.353. The molecule has 4 heterocycles. The first-order chi connectivity index (χ1) is 11.3. The summed E-state index contributed by atoms with van der Waals surface area (Å²) in [6.45, 7) is 1.55. The second-order valence-electron chi connectivity index (χ2n) is 6.00. The summed E-state index contributed by atoms with van der Waals surface area (Å²) in [7, 11) is 0. The zero-order valence-corrected chi connectivity index (χ0v) is 12.9.